The highest BCUT2D eigenvalue weighted by molar-refractivity contribution is 6.13. The van der Waals surface area contributed by atoms with Gasteiger partial charge < -0.3 is 18.9 Å². The molecule has 2 aliphatic heterocycles. The smallest absolute Gasteiger partial charge is 0.320 e. The van der Waals surface area contributed by atoms with Crippen molar-refractivity contribution in [1.82, 2.24) is 0 Å². The van der Waals surface area contributed by atoms with E-state index in [0.29, 0.717) is 0 Å². The Labute approximate surface area is 184 Å². The molecule has 2 aromatic rings. The highest BCUT2D eigenvalue weighted by Gasteiger charge is 2.55. The van der Waals surface area contributed by atoms with Crippen molar-refractivity contribution in [2.45, 2.75) is 26.1 Å². The van der Waals surface area contributed by atoms with Crippen molar-refractivity contribution < 1.29 is 38.1 Å². The number of benzene rings is 2. The van der Waals surface area contributed by atoms with Gasteiger partial charge in [-0.2, -0.15) is 0 Å². The van der Waals surface area contributed by atoms with Crippen LogP contribution in [0, 0.1) is 25.7 Å². The second kappa shape index (κ2) is 8.11. The highest BCUT2D eigenvalue weighted by atomic mass is 16.6. The number of hydrogen-bond donors (Lipinski definition) is 0. The maximum atomic E-state index is 13.3. The Morgan fingerprint density at radius 2 is 1.09 bits per heavy atom. The van der Waals surface area contributed by atoms with E-state index in [0.717, 1.165) is 25.3 Å². The van der Waals surface area contributed by atoms with Crippen molar-refractivity contribution in [2.24, 2.45) is 11.8 Å². The molecule has 0 saturated heterocycles. The lowest BCUT2D eigenvalue weighted by molar-refractivity contribution is -0.156. The fourth-order valence-electron chi connectivity index (χ4n) is 4.17. The Balaban J connectivity index is 1.86. The van der Waals surface area contributed by atoms with E-state index in [-0.39, 0.29) is 22.6 Å². The van der Waals surface area contributed by atoms with Gasteiger partial charge in [0.25, 0.3) is 0 Å². The third-order valence-corrected chi connectivity index (χ3v) is 5.79. The third-order valence-electron chi connectivity index (χ3n) is 5.79. The molecule has 4 rings (SSSR count). The van der Waals surface area contributed by atoms with E-state index < -0.39 is 47.5 Å². The number of aryl methyl sites for hydroxylation is 2. The molecular weight excluding hydrogens is 416 g/mol. The maximum absolute atomic E-state index is 13.3. The van der Waals surface area contributed by atoms with Crippen LogP contribution in [0.3, 0.4) is 0 Å². The second-order valence-corrected chi connectivity index (χ2v) is 7.89. The van der Waals surface area contributed by atoms with Gasteiger partial charge in [-0.05, 0) is 49.2 Å². The minimum Gasteiger partial charge on any atom is -0.484 e. The number of hydrogen-bond acceptors (Lipinski definition) is 8. The fourth-order valence-corrected chi connectivity index (χ4v) is 4.17. The first-order valence-corrected chi connectivity index (χ1v) is 10.1. The van der Waals surface area contributed by atoms with Gasteiger partial charge in [0, 0.05) is 0 Å². The number of rotatable bonds is 3. The molecule has 2 aliphatic rings. The predicted molar refractivity (Wildman–Crippen MR) is 111 cm³/mol. The number of carbonyl (C=O) groups excluding carboxylic acids is 4. The average Bonchev–Trinajstić information content (AvgIpc) is 2.77. The van der Waals surface area contributed by atoms with Crippen molar-refractivity contribution >= 4 is 23.5 Å². The van der Waals surface area contributed by atoms with E-state index >= 15 is 0 Å². The van der Waals surface area contributed by atoms with Gasteiger partial charge in [0.1, 0.15) is 11.5 Å². The quantitative estimate of drug-likeness (QED) is 0.532. The number of ketones is 2. The number of Topliss-reactive ketones (excluding diaryl/α,β-unsaturated/α-hetero) is 2. The molecular formula is C24H22O8. The van der Waals surface area contributed by atoms with Crippen molar-refractivity contribution in [1.29, 1.82) is 0 Å². The molecule has 0 N–H and O–H groups in total. The van der Waals surface area contributed by atoms with E-state index in [1.807, 2.05) is 13.8 Å². The molecule has 8 heteroatoms. The van der Waals surface area contributed by atoms with Crippen LogP contribution in [0.4, 0.5) is 0 Å². The number of fused-ring (bicyclic) bond motifs is 2. The number of carbonyl (C=O) groups is 4. The molecule has 32 heavy (non-hydrogen) atoms. The van der Waals surface area contributed by atoms with Gasteiger partial charge in [-0.25, -0.2) is 0 Å². The molecule has 4 unspecified atom stereocenters. The van der Waals surface area contributed by atoms with Crippen LogP contribution in [0.1, 0.15) is 31.8 Å². The molecule has 166 valence electrons. The van der Waals surface area contributed by atoms with Gasteiger partial charge in [-0.1, -0.05) is 12.1 Å². The van der Waals surface area contributed by atoms with E-state index in [1.165, 1.54) is 0 Å². The average molecular weight is 438 g/mol. The van der Waals surface area contributed by atoms with Crippen LogP contribution < -0.4 is 9.47 Å². The third kappa shape index (κ3) is 3.41. The first-order chi connectivity index (χ1) is 15.3. The Morgan fingerprint density at radius 3 is 1.44 bits per heavy atom. The van der Waals surface area contributed by atoms with Gasteiger partial charge in [-0.15, -0.1) is 0 Å². The molecule has 8 nitrogen and oxygen atoms in total. The van der Waals surface area contributed by atoms with E-state index in [1.54, 1.807) is 36.4 Å². The summed E-state index contributed by atoms with van der Waals surface area (Å²) in [5.74, 6) is -5.11. The largest absolute Gasteiger partial charge is 0.484 e. The lowest BCUT2D eigenvalue weighted by atomic mass is 9.78. The SMILES string of the molecule is COC(=O)C1C(=O)c2ccc(C)cc2OC1C1Oc2cc(C)ccc2C(=O)C1C(=O)OC. The van der Waals surface area contributed by atoms with E-state index in [9.17, 15) is 19.2 Å². The molecule has 0 radical (unpaired) electrons. The minimum atomic E-state index is -1.42. The summed E-state index contributed by atoms with van der Waals surface area (Å²) in [6, 6.07) is 9.91. The van der Waals surface area contributed by atoms with Crippen LogP contribution in [0.15, 0.2) is 36.4 Å². The molecule has 0 spiro atoms. The second-order valence-electron chi connectivity index (χ2n) is 7.89. The Hall–Kier alpha value is -3.68. The number of ether oxygens (including phenoxy) is 4. The zero-order valence-electron chi connectivity index (χ0n) is 18.0. The monoisotopic (exact) mass is 438 g/mol. The predicted octanol–water partition coefficient (Wildman–Crippen LogP) is 2.47. The molecule has 0 saturated carbocycles. The summed E-state index contributed by atoms with van der Waals surface area (Å²) in [6.07, 6.45) is -2.57. The lowest BCUT2D eigenvalue weighted by Gasteiger charge is -2.40. The summed E-state index contributed by atoms with van der Waals surface area (Å²) in [4.78, 5) is 51.9. The summed E-state index contributed by atoms with van der Waals surface area (Å²) in [5.41, 5.74) is 2.10. The summed E-state index contributed by atoms with van der Waals surface area (Å²) < 4.78 is 21.9. The lowest BCUT2D eigenvalue weighted by Crippen LogP contribution is -2.58. The van der Waals surface area contributed by atoms with Gasteiger partial charge in [-0.3, -0.25) is 19.2 Å². The molecule has 0 aliphatic carbocycles. The summed E-state index contributed by atoms with van der Waals surface area (Å²) in [5, 5.41) is 0. The van der Waals surface area contributed by atoms with Gasteiger partial charge in [0.15, 0.2) is 35.6 Å². The summed E-state index contributed by atoms with van der Waals surface area (Å²) in [7, 11) is 2.31. The van der Waals surface area contributed by atoms with Gasteiger partial charge in [0.2, 0.25) is 0 Å². The van der Waals surface area contributed by atoms with Gasteiger partial charge >= 0.3 is 11.9 Å². The van der Waals surface area contributed by atoms with E-state index in [4.69, 9.17) is 18.9 Å². The zero-order valence-corrected chi connectivity index (χ0v) is 18.0. The van der Waals surface area contributed by atoms with Crippen LogP contribution in [0.25, 0.3) is 0 Å². The fraction of sp³-hybridized carbons (Fsp3) is 0.333. The first kappa shape index (κ1) is 21.5. The minimum absolute atomic E-state index is 0.218. The topological polar surface area (TPSA) is 105 Å². The van der Waals surface area contributed by atoms with Crippen LogP contribution in [0.5, 0.6) is 11.5 Å². The maximum Gasteiger partial charge on any atom is 0.320 e. The molecule has 0 bridgehead atoms. The van der Waals surface area contributed by atoms with Crippen LogP contribution in [-0.4, -0.2) is 49.9 Å². The number of methoxy groups -OCH3 is 2. The Bertz CT molecular complexity index is 1050. The standard InChI is InChI=1S/C24H22O8/c1-11-5-7-13-15(9-11)31-21(17(19(13)25)23(27)29-3)22-18(24(28)30-4)20(26)14-8-6-12(2)10-16(14)32-22/h5-10,17-18,21-22H,1-4H3. The van der Waals surface area contributed by atoms with Crippen LogP contribution in [0.2, 0.25) is 0 Å². The summed E-state index contributed by atoms with van der Waals surface area (Å²) in [6.45, 7) is 3.65. The van der Waals surface area contributed by atoms with Crippen molar-refractivity contribution in [2.75, 3.05) is 14.2 Å². The molecule has 2 aromatic carbocycles. The van der Waals surface area contributed by atoms with Gasteiger partial charge in [0.05, 0.1) is 25.3 Å². The normalized spacial score (nSPS) is 23.9. The van der Waals surface area contributed by atoms with Crippen LogP contribution >= 0.6 is 0 Å². The van der Waals surface area contributed by atoms with Crippen molar-refractivity contribution in [3.05, 3.63) is 58.7 Å². The molecule has 0 aromatic heterocycles. The Morgan fingerprint density at radius 1 is 0.719 bits per heavy atom. The highest BCUT2D eigenvalue weighted by Crippen LogP contribution is 2.40. The first-order valence-electron chi connectivity index (χ1n) is 10.1. The molecule has 2 heterocycles. The van der Waals surface area contributed by atoms with Crippen molar-refractivity contribution in [3.8, 4) is 11.5 Å². The molecule has 0 fully saturated rings. The van der Waals surface area contributed by atoms with Crippen LogP contribution in [-0.2, 0) is 19.1 Å². The zero-order chi connectivity index (χ0) is 23.2. The van der Waals surface area contributed by atoms with E-state index in [2.05, 4.69) is 0 Å². The number of esters is 2. The summed E-state index contributed by atoms with van der Waals surface area (Å²) >= 11 is 0. The Kier molecular flexibility index (Phi) is 5.46. The van der Waals surface area contributed by atoms with Crippen molar-refractivity contribution in [3.63, 3.8) is 0 Å². The molecule has 0 amide bonds. The molecule has 4 atom stereocenters.